The first-order valence-corrected chi connectivity index (χ1v) is 4.38. The zero-order valence-corrected chi connectivity index (χ0v) is 6.39. The second-order valence-corrected chi connectivity index (χ2v) is 3.33. The molecule has 2 radical (unpaired) electrons. The van der Waals surface area contributed by atoms with Gasteiger partial charge in [0.15, 0.2) is 4.90 Å². The maximum Gasteiger partial charge on any atom is 0.152 e. The minimum absolute atomic E-state index is 0.203. The fourth-order valence-electron chi connectivity index (χ4n) is 0.638. The van der Waals surface area contributed by atoms with Crippen molar-refractivity contribution in [3.05, 3.63) is 24.3 Å². The predicted octanol–water partition coefficient (Wildman–Crippen LogP) is 1.12. The largest absolute Gasteiger partial charge is 0.612 e. The Morgan fingerprint density at radius 3 is 2.20 bits per heavy atom. The summed E-state index contributed by atoms with van der Waals surface area (Å²) in [7, 11) is 0. The van der Waals surface area contributed by atoms with E-state index in [1.165, 1.54) is 12.1 Å². The van der Waals surface area contributed by atoms with Gasteiger partial charge in [-0.1, -0.05) is 0 Å². The number of rotatable bonds is 1. The van der Waals surface area contributed by atoms with E-state index in [0.29, 0.717) is 0 Å². The van der Waals surface area contributed by atoms with Crippen LogP contribution in [0.4, 0.5) is 5.69 Å². The number of hydrogen-bond acceptors (Lipinski definition) is 1. The SMILES string of the molecule is C[S+]([O-])c1ccc([N])cc1. The topological polar surface area (TPSA) is 45.4 Å². The van der Waals surface area contributed by atoms with Crippen molar-refractivity contribution in [1.82, 2.24) is 5.73 Å². The van der Waals surface area contributed by atoms with Crippen LogP contribution in [-0.4, -0.2) is 10.8 Å². The minimum atomic E-state index is -0.948. The molecule has 0 spiro atoms. The highest BCUT2D eigenvalue weighted by Gasteiger charge is 2.01. The molecular formula is C7H7NOS. The molecule has 0 aromatic heterocycles. The Morgan fingerprint density at radius 1 is 1.30 bits per heavy atom. The lowest BCUT2D eigenvalue weighted by Crippen LogP contribution is -1.95. The van der Waals surface area contributed by atoms with Crippen molar-refractivity contribution in [1.29, 1.82) is 0 Å². The molecule has 1 aromatic rings. The van der Waals surface area contributed by atoms with E-state index in [1.54, 1.807) is 18.4 Å². The lowest BCUT2D eigenvalue weighted by molar-refractivity contribution is 0.601. The van der Waals surface area contributed by atoms with Gasteiger partial charge in [-0.25, -0.2) is 0 Å². The van der Waals surface area contributed by atoms with Crippen molar-refractivity contribution in [2.75, 3.05) is 6.26 Å². The van der Waals surface area contributed by atoms with Crippen LogP contribution in [0.25, 0.3) is 0 Å². The number of benzene rings is 1. The molecule has 1 rings (SSSR count). The van der Waals surface area contributed by atoms with E-state index in [1.807, 2.05) is 0 Å². The van der Waals surface area contributed by atoms with Crippen molar-refractivity contribution in [2.24, 2.45) is 0 Å². The molecule has 2 nitrogen and oxygen atoms in total. The summed E-state index contributed by atoms with van der Waals surface area (Å²) in [4.78, 5) is 0.734. The number of nitrogens with zero attached hydrogens (tertiary/aromatic N) is 1. The van der Waals surface area contributed by atoms with Crippen molar-refractivity contribution < 1.29 is 4.55 Å². The van der Waals surface area contributed by atoms with Crippen LogP contribution < -0.4 is 5.73 Å². The van der Waals surface area contributed by atoms with E-state index < -0.39 is 11.2 Å². The molecule has 0 saturated heterocycles. The Bertz CT molecular complexity index is 207. The lowest BCUT2D eigenvalue weighted by atomic mass is 10.3. The Morgan fingerprint density at radius 2 is 1.80 bits per heavy atom. The summed E-state index contributed by atoms with van der Waals surface area (Å²) in [5.41, 5.74) is 9.04. The Hall–Kier alpha value is -0.670. The number of hydrogen-bond donors (Lipinski definition) is 0. The van der Waals surface area contributed by atoms with Gasteiger partial charge in [-0.15, -0.1) is 0 Å². The molecule has 52 valence electrons. The van der Waals surface area contributed by atoms with Gasteiger partial charge in [-0.05, 0) is 35.4 Å². The van der Waals surface area contributed by atoms with Crippen molar-refractivity contribution in [3.8, 4) is 0 Å². The molecule has 3 heteroatoms. The van der Waals surface area contributed by atoms with Gasteiger partial charge in [-0.2, -0.15) is 5.73 Å². The van der Waals surface area contributed by atoms with Gasteiger partial charge in [0.25, 0.3) is 0 Å². The molecule has 0 aliphatic heterocycles. The normalized spacial score (nSPS) is 13.0. The monoisotopic (exact) mass is 153 g/mol. The molecule has 0 amide bonds. The molecule has 10 heavy (non-hydrogen) atoms. The van der Waals surface area contributed by atoms with Crippen molar-refractivity contribution >= 4 is 16.9 Å². The smallest absolute Gasteiger partial charge is 0.152 e. The summed E-state index contributed by atoms with van der Waals surface area (Å²) in [5, 5.41) is 0. The summed E-state index contributed by atoms with van der Waals surface area (Å²) < 4.78 is 10.8. The van der Waals surface area contributed by atoms with Gasteiger partial charge >= 0.3 is 0 Å². The second-order valence-electron chi connectivity index (χ2n) is 1.95. The van der Waals surface area contributed by atoms with Crippen LogP contribution in [0.2, 0.25) is 0 Å². The van der Waals surface area contributed by atoms with Crippen LogP contribution in [0.3, 0.4) is 0 Å². The highest BCUT2D eigenvalue weighted by Crippen LogP contribution is 2.11. The first-order valence-electron chi connectivity index (χ1n) is 2.82. The third-order valence-electron chi connectivity index (χ3n) is 1.17. The maximum atomic E-state index is 10.8. The summed E-state index contributed by atoms with van der Waals surface area (Å²) in [6, 6.07) is 6.34. The van der Waals surface area contributed by atoms with Crippen LogP contribution in [0.5, 0.6) is 0 Å². The Kier molecular flexibility index (Phi) is 2.19. The van der Waals surface area contributed by atoms with Gasteiger partial charge in [-0.3, -0.25) is 0 Å². The molecule has 0 heterocycles. The van der Waals surface area contributed by atoms with Gasteiger partial charge in [0.1, 0.15) is 6.26 Å². The average Bonchev–Trinajstić information content (AvgIpc) is 1.88. The zero-order valence-electron chi connectivity index (χ0n) is 5.57. The fraction of sp³-hybridized carbons (Fsp3) is 0.143. The average molecular weight is 153 g/mol. The molecule has 1 aromatic carbocycles. The van der Waals surface area contributed by atoms with E-state index in [0.717, 1.165) is 4.90 Å². The summed E-state index contributed by atoms with van der Waals surface area (Å²) in [6.07, 6.45) is 1.60. The van der Waals surface area contributed by atoms with Gasteiger partial charge in [0, 0.05) is 0 Å². The highest BCUT2D eigenvalue weighted by molar-refractivity contribution is 7.90. The molecule has 0 aliphatic carbocycles. The van der Waals surface area contributed by atoms with Crippen LogP contribution in [0.15, 0.2) is 29.2 Å². The van der Waals surface area contributed by atoms with Crippen LogP contribution >= 0.6 is 0 Å². The molecule has 0 bridgehead atoms. The molecular weight excluding hydrogens is 146 g/mol. The van der Waals surface area contributed by atoms with Crippen LogP contribution in [0.1, 0.15) is 0 Å². The quantitative estimate of drug-likeness (QED) is 0.558. The minimum Gasteiger partial charge on any atom is -0.612 e. The summed E-state index contributed by atoms with van der Waals surface area (Å²) in [6.45, 7) is 0. The Labute approximate surface area is 63.2 Å². The van der Waals surface area contributed by atoms with Gasteiger partial charge < -0.3 is 4.55 Å². The summed E-state index contributed by atoms with van der Waals surface area (Å²) >= 11 is -0.948. The molecule has 1 atom stereocenters. The molecule has 0 N–H and O–H groups in total. The lowest BCUT2D eigenvalue weighted by Gasteiger charge is -2.01. The van der Waals surface area contributed by atoms with Crippen molar-refractivity contribution in [3.63, 3.8) is 0 Å². The van der Waals surface area contributed by atoms with Crippen LogP contribution in [-0.2, 0) is 11.2 Å². The zero-order chi connectivity index (χ0) is 7.56. The molecule has 0 saturated carbocycles. The predicted molar refractivity (Wildman–Crippen MR) is 40.6 cm³/mol. The third kappa shape index (κ3) is 1.65. The molecule has 0 fully saturated rings. The van der Waals surface area contributed by atoms with Gasteiger partial charge in [0.05, 0.1) is 5.69 Å². The van der Waals surface area contributed by atoms with Crippen LogP contribution in [0, 0.1) is 0 Å². The molecule has 0 aliphatic rings. The highest BCUT2D eigenvalue weighted by atomic mass is 32.2. The summed E-state index contributed by atoms with van der Waals surface area (Å²) in [5.74, 6) is 0. The van der Waals surface area contributed by atoms with E-state index >= 15 is 0 Å². The van der Waals surface area contributed by atoms with E-state index in [4.69, 9.17) is 5.73 Å². The van der Waals surface area contributed by atoms with E-state index in [2.05, 4.69) is 0 Å². The first kappa shape index (κ1) is 7.44. The maximum absolute atomic E-state index is 10.8. The second kappa shape index (κ2) is 2.94. The first-order chi connectivity index (χ1) is 4.70. The van der Waals surface area contributed by atoms with Gasteiger partial charge in [0.2, 0.25) is 0 Å². The Balaban J connectivity index is 2.89. The molecule has 1 unspecified atom stereocenters. The van der Waals surface area contributed by atoms with E-state index in [9.17, 15) is 4.55 Å². The standard InChI is InChI=1S/C7H7NOS/c1-10(9)7-4-2-6(8)3-5-7/h2-5H,1H3. The fourth-order valence-corrected chi connectivity index (χ4v) is 1.16. The van der Waals surface area contributed by atoms with E-state index in [-0.39, 0.29) is 5.69 Å². The third-order valence-corrected chi connectivity index (χ3v) is 2.10. The van der Waals surface area contributed by atoms with Crippen molar-refractivity contribution in [2.45, 2.75) is 4.90 Å².